The molecular formula is C28H44N2O6. The molecule has 1 N–H and O–H groups in total. The summed E-state index contributed by atoms with van der Waals surface area (Å²) < 4.78 is 12.2. The van der Waals surface area contributed by atoms with Crippen molar-refractivity contribution in [2.24, 2.45) is 11.8 Å². The summed E-state index contributed by atoms with van der Waals surface area (Å²) in [4.78, 5) is 45.0. The highest BCUT2D eigenvalue weighted by Gasteiger charge is 2.78. The first kappa shape index (κ1) is 28.4. The van der Waals surface area contributed by atoms with Crippen molar-refractivity contribution in [2.75, 3.05) is 26.3 Å². The molecule has 8 nitrogen and oxygen atoms in total. The molecule has 3 rings (SSSR count). The molecule has 3 heterocycles. The first-order valence-corrected chi connectivity index (χ1v) is 13.5. The van der Waals surface area contributed by atoms with Crippen molar-refractivity contribution in [1.29, 1.82) is 0 Å². The number of aliphatic hydroxyl groups excluding tert-OH is 1. The molecule has 0 aromatic heterocycles. The van der Waals surface area contributed by atoms with Gasteiger partial charge in [-0.15, -0.1) is 13.2 Å². The summed E-state index contributed by atoms with van der Waals surface area (Å²) >= 11 is 0. The summed E-state index contributed by atoms with van der Waals surface area (Å²) in [7, 11) is 0. The third-order valence-corrected chi connectivity index (χ3v) is 8.24. The number of ether oxygens (including phenoxy) is 2. The van der Waals surface area contributed by atoms with Gasteiger partial charge in [0.15, 0.2) is 0 Å². The number of hydrogen-bond acceptors (Lipinski definition) is 6. The van der Waals surface area contributed by atoms with Crippen LogP contribution in [0, 0.1) is 11.8 Å². The Kier molecular flexibility index (Phi) is 9.39. The van der Waals surface area contributed by atoms with Crippen molar-refractivity contribution < 1.29 is 29.0 Å². The van der Waals surface area contributed by atoms with E-state index in [0.29, 0.717) is 45.2 Å². The monoisotopic (exact) mass is 504 g/mol. The highest BCUT2D eigenvalue weighted by atomic mass is 16.6. The lowest BCUT2D eigenvalue weighted by Gasteiger charge is -2.39. The minimum atomic E-state index is -1.05. The van der Waals surface area contributed by atoms with Gasteiger partial charge in [0, 0.05) is 25.7 Å². The van der Waals surface area contributed by atoms with E-state index < -0.39 is 35.0 Å². The van der Waals surface area contributed by atoms with Crippen LogP contribution in [0.2, 0.25) is 0 Å². The second-order valence-electron chi connectivity index (χ2n) is 10.7. The zero-order valence-electron chi connectivity index (χ0n) is 22.2. The van der Waals surface area contributed by atoms with E-state index in [1.807, 2.05) is 13.8 Å². The number of rotatable bonds is 15. The molecule has 3 saturated heterocycles. The molecule has 1 spiro atoms. The van der Waals surface area contributed by atoms with E-state index in [4.69, 9.17) is 9.47 Å². The lowest BCUT2D eigenvalue weighted by atomic mass is 9.66. The molecule has 0 aromatic rings. The molecule has 0 aliphatic carbocycles. The maximum atomic E-state index is 14.3. The number of likely N-dealkylation sites (tertiary alicyclic amines) is 1. The minimum Gasteiger partial charge on any atom is -0.465 e. The standard InChI is InChI=1S/C28H44N2O6/c1-6-9-19-35-26(34)22-21-24(32)30(17-11-10-12-18-31)23(28(21)15-14-27(22,5)36-28)25(33)29(16-8-3)20(4)13-7-2/h6,8,20-23,31H,1,3,7,9-19H2,2,4-5H3/t20?,21-,22+,23?,27-,28?/m0/s1. The predicted molar refractivity (Wildman–Crippen MR) is 137 cm³/mol. The quantitative estimate of drug-likeness (QED) is 0.209. The molecule has 3 fully saturated rings. The Morgan fingerprint density at radius 3 is 2.67 bits per heavy atom. The Morgan fingerprint density at radius 1 is 1.28 bits per heavy atom. The highest BCUT2D eigenvalue weighted by Crippen LogP contribution is 2.63. The maximum absolute atomic E-state index is 14.3. The number of hydrogen-bond donors (Lipinski definition) is 1. The van der Waals surface area contributed by atoms with E-state index in [1.54, 1.807) is 22.0 Å². The maximum Gasteiger partial charge on any atom is 0.312 e. The Hall–Kier alpha value is -2.19. The fraction of sp³-hybridized carbons (Fsp3) is 0.750. The molecule has 0 radical (unpaired) electrons. The van der Waals surface area contributed by atoms with Gasteiger partial charge < -0.3 is 24.4 Å². The molecule has 2 bridgehead atoms. The predicted octanol–water partition coefficient (Wildman–Crippen LogP) is 3.24. The van der Waals surface area contributed by atoms with E-state index in [-0.39, 0.29) is 31.1 Å². The third kappa shape index (κ3) is 4.99. The number of unbranched alkanes of at least 4 members (excludes halogenated alkanes) is 2. The van der Waals surface area contributed by atoms with Crippen LogP contribution in [0.25, 0.3) is 0 Å². The van der Waals surface area contributed by atoms with Crippen LogP contribution in [0.3, 0.4) is 0 Å². The van der Waals surface area contributed by atoms with Crippen molar-refractivity contribution in [3.05, 3.63) is 25.3 Å². The molecule has 3 aliphatic rings. The first-order chi connectivity index (χ1) is 17.2. The average Bonchev–Trinajstić information content (AvgIpc) is 3.41. The molecule has 6 atom stereocenters. The summed E-state index contributed by atoms with van der Waals surface area (Å²) in [5, 5.41) is 9.19. The summed E-state index contributed by atoms with van der Waals surface area (Å²) in [6.07, 6.45) is 8.88. The van der Waals surface area contributed by atoms with Gasteiger partial charge in [0.25, 0.3) is 0 Å². The van der Waals surface area contributed by atoms with E-state index in [0.717, 1.165) is 19.3 Å². The van der Waals surface area contributed by atoms with Gasteiger partial charge in [0.2, 0.25) is 11.8 Å². The van der Waals surface area contributed by atoms with Gasteiger partial charge in [0.1, 0.15) is 17.6 Å². The van der Waals surface area contributed by atoms with Crippen LogP contribution in [0.1, 0.15) is 72.1 Å². The zero-order valence-corrected chi connectivity index (χ0v) is 22.2. The van der Waals surface area contributed by atoms with Crippen molar-refractivity contribution in [1.82, 2.24) is 9.80 Å². The smallest absolute Gasteiger partial charge is 0.312 e. The Morgan fingerprint density at radius 2 is 2.03 bits per heavy atom. The van der Waals surface area contributed by atoms with Crippen LogP contribution in [0.5, 0.6) is 0 Å². The van der Waals surface area contributed by atoms with Gasteiger partial charge in [-0.2, -0.15) is 0 Å². The Labute approximate surface area is 215 Å². The third-order valence-electron chi connectivity index (χ3n) is 8.24. The van der Waals surface area contributed by atoms with Gasteiger partial charge >= 0.3 is 5.97 Å². The molecule has 3 aliphatic heterocycles. The van der Waals surface area contributed by atoms with Gasteiger partial charge in [-0.05, 0) is 58.8 Å². The normalized spacial score (nSPS) is 31.3. The van der Waals surface area contributed by atoms with Crippen molar-refractivity contribution in [3.8, 4) is 0 Å². The van der Waals surface area contributed by atoms with E-state index in [1.165, 1.54) is 0 Å². The topological polar surface area (TPSA) is 96.4 Å². The number of nitrogens with zero attached hydrogens (tertiary/aromatic N) is 2. The lowest BCUT2D eigenvalue weighted by Crippen LogP contribution is -2.58. The van der Waals surface area contributed by atoms with E-state index in [2.05, 4.69) is 20.1 Å². The largest absolute Gasteiger partial charge is 0.465 e. The van der Waals surface area contributed by atoms with Crippen LogP contribution in [0.15, 0.2) is 25.3 Å². The zero-order chi connectivity index (χ0) is 26.5. The summed E-state index contributed by atoms with van der Waals surface area (Å²) in [6.45, 7) is 14.6. The molecule has 0 saturated carbocycles. The van der Waals surface area contributed by atoms with Crippen LogP contribution in [-0.4, -0.2) is 82.3 Å². The summed E-state index contributed by atoms with van der Waals surface area (Å²) in [6, 6.07) is -0.813. The van der Waals surface area contributed by atoms with Crippen LogP contribution < -0.4 is 0 Å². The Balaban J connectivity index is 1.99. The SMILES string of the molecule is C=CCCOC(=O)[C@H]1[C@H]2C(=O)N(CCCCCO)C(C(=O)N(CC=C)C(C)CCC)C23CC[C@]1(C)O3. The second-order valence-corrected chi connectivity index (χ2v) is 10.7. The second kappa shape index (κ2) is 11.9. The fourth-order valence-electron chi connectivity index (χ4n) is 6.56. The van der Waals surface area contributed by atoms with Crippen molar-refractivity contribution in [3.63, 3.8) is 0 Å². The van der Waals surface area contributed by atoms with Gasteiger partial charge in [-0.3, -0.25) is 14.4 Å². The molecule has 3 unspecified atom stereocenters. The van der Waals surface area contributed by atoms with Crippen molar-refractivity contribution >= 4 is 17.8 Å². The van der Waals surface area contributed by atoms with Gasteiger partial charge in [-0.25, -0.2) is 0 Å². The summed E-state index contributed by atoms with van der Waals surface area (Å²) in [5.41, 5.74) is -1.89. The number of fused-ring (bicyclic) bond motifs is 1. The molecule has 36 heavy (non-hydrogen) atoms. The average molecular weight is 505 g/mol. The van der Waals surface area contributed by atoms with Crippen LogP contribution >= 0.6 is 0 Å². The highest BCUT2D eigenvalue weighted by molar-refractivity contribution is 5.98. The summed E-state index contributed by atoms with van der Waals surface area (Å²) in [5.74, 6) is -2.27. The molecule has 2 amide bonds. The number of amides is 2. The van der Waals surface area contributed by atoms with E-state index >= 15 is 0 Å². The number of esters is 1. The minimum absolute atomic E-state index is 0.0175. The van der Waals surface area contributed by atoms with Crippen LogP contribution in [-0.2, 0) is 23.9 Å². The number of carbonyl (C=O) groups excluding carboxylic acids is 3. The number of carbonyl (C=O) groups is 3. The van der Waals surface area contributed by atoms with Gasteiger partial charge in [-0.1, -0.05) is 25.5 Å². The fourth-order valence-corrected chi connectivity index (χ4v) is 6.56. The Bertz CT molecular complexity index is 846. The van der Waals surface area contributed by atoms with Gasteiger partial charge in [0.05, 0.1) is 18.1 Å². The van der Waals surface area contributed by atoms with E-state index in [9.17, 15) is 19.5 Å². The molecule has 202 valence electrons. The number of aliphatic hydroxyl groups is 1. The van der Waals surface area contributed by atoms with Crippen LogP contribution in [0.4, 0.5) is 0 Å². The molecule has 0 aromatic carbocycles. The first-order valence-electron chi connectivity index (χ1n) is 13.5. The van der Waals surface area contributed by atoms with Crippen molar-refractivity contribution in [2.45, 2.75) is 95.4 Å². The molecular weight excluding hydrogens is 460 g/mol. The lowest BCUT2D eigenvalue weighted by molar-refractivity contribution is -0.160. The molecule has 8 heteroatoms.